The number of rotatable bonds is 2. The molecule has 2 aliphatic heterocycles. The van der Waals surface area contributed by atoms with E-state index in [9.17, 15) is 9.59 Å². The molecule has 2 fully saturated rings. The van der Waals surface area contributed by atoms with Gasteiger partial charge in [0, 0.05) is 12.6 Å². The first kappa shape index (κ1) is 12.4. The van der Waals surface area contributed by atoms with Gasteiger partial charge >= 0.3 is 0 Å². The number of hydrogen-bond acceptors (Lipinski definition) is 2. The molecule has 2 aliphatic rings. The lowest BCUT2D eigenvalue weighted by Gasteiger charge is -2.45. The normalized spacial score (nSPS) is 27.4. The zero-order chi connectivity index (χ0) is 12.6. The van der Waals surface area contributed by atoms with Crippen LogP contribution >= 0.6 is 0 Å². The lowest BCUT2D eigenvalue weighted by atomic mass is 9.95. The molecule has 4 nitrogen and oxygen atoms in total. The molecule has 2 heterocycles. The van der Waals surface area contributed by atoms with Gasteiger partial charge in [-0.15, -0.1) is 0 Å². The van der Waals surface area contributed by atoms with E-state index >= 15 is 0 Å². The molecular weight excluding hydrogens is 216 g/mol. The van der Waals surface area contributed by atoms with Crippen molar-refractivity contribution in [2.75, 3.05) is 13.1 Å². The molecule has 0 aromatic rings. The molecule has 4 heteroatoms. The maximum Gasteiger partial charge on any atom is 0.246 e. The van der Waals surface area contributed by atoms with Crippen LogP contribution in [0.1, 0.15) is 40.0 Å². The SMILES string of the molecule is CC(C)C(C)N1CC(=O)N2CCCCC2C1=O. The van der Waals surface area contributed by atoms with Crippen LogP contribution in [0.5, 0.6) is 0 Å². The average Bonchev–Trinajstić information content (AvgIpc) is 2.33. The van der Waals surface area contributed by atoms with Gasteiger partial charge in [-0.1, -0.05) is 13.8 Å². The Morgan fingerprint density at radius 3 is 2.53 bits per heavy atom. The van der Waals surface area contributed by atoms with Crippen LogP contribution in [0.25, 0.3) is 0 Å². The van der Waals surface area contributed by atoms with Gasteiger partial charge in [0.1, 0.15) is 12.6 Å². The maximum atomic E-state index is 12.4. The van der Waals surface area contributed by atoms with Crippen LogP contribution in [-0.2, 0) is 9.59 Å². The minimum Gasteiger partial charge on any atom is -0.329 e. The fourth-order valence-corrected chi connectivity index (χ4v) is 2.70. The molecule has 0 spiro atoms. The Morgan fingerprint density at radius 2 is 1.88 bits per heavy atom. The lowest BCUT2D eigenvalue weighted by molar-refractivity contribution is -0.160. The lowest BCUT2D eigenvalue weighted by Crippen LogP contribution is -2.63. The van der Waals surface area contributed by atoms with Crippen LogP contribution in [0.3, 0.4) is 0 Å². The Labute approximate surface area is 103 Å². The van der Waals surface area contributed by atoms with Crippen LogP contribution in [0.4, 0.5) is 0 Å². The van der Waals surface area contributed by atoms with Gasteiger partial charge in [0.15, 0.2) is 0 Å². The highest BCUT2D eigenvalue weighted by atomic mass is 16.2. The highest BCUT2D eigenvalue weighted by Crippen LogP contribution is 2.25. The minimum absolute atomic E-state index is 0.127. The van der Waals surface area contributed by atoms with E-state index in [0.717, 1.165) is 25.8 Å². The Morgan fingerprint density at radius 1 is 1.18 bits per heavy atom. The summed E-state index contributed by atoms with van der Waals surface area (Å²) >= 11 is 0. The molecule has 0 bridgehead atoms. The highest BCUT2D eigenvalue weighted by molar-refractivity contribution is 5.95. The predicted octanol–water partition coefficient (Wildman–Crippen LogP) is 1.25. The Bertz CT molecular complexity index is 327. The van der Waals surface area contributed by atoms with Gasteiger partial charge in [0.2, 0.25) is 11.8 Å². The van der Waals surface area contributed by atoms with E-state index in [0.29, 0.717) is 5.92 Å². The second-order valence-corrected chi connectivity index (χ2v) is 5.55. The quantitative estimate of drug-likeness (QED) is 0.726. The Balaban J connectivity index is 2.16. The summed E-state index contributed by atoms with van der Waals surface area (Å²) in [6, 6.07) is -0.0262. The molecule has 2 atom stereocenters. The van der Waals surface area contributed by atoms with Crippen LogP contribution < -0.4 is 0 Å². The monoisotopic (exact) mass is 238 g/mol. The van der Waals surface area contributed by atoms with E-state index in [1.165, 1.54) is 0 Å². The number of nitrogens with zero attached hydrogens (tertiary/aromatic N) is 2. The molecule has 2 amide bonds. The third-order valence-corrected chi connectivity index (χ3v) is 4.15. The molecule has 2 rings (SSSR count). The first-order valence-electron chi connectivity index (χ1n) is 6.62. The van der Waals surface area contributed by atoms with Gasteiger partial charge in [-0.05, 0) is 32.1 Å². The van der Waals surface area contributed by atoms with E-state index in [2.05, 4.69) is 13.8 Å². The number of amides is 2. The number of carbonyl (C=O) groups is 2. The molecule has 0 saturated carbocycles. The zero-order valence-electron chi connectivity index (χ0n) is 11.0. The van der Waals surface area contributed by atoms with Gasteiger partial charge < -0.3 is 9.80 Å². The number of carbonyl (C=O) groups excluding carboxylic acids is 2. The van der Waals surface area contributed by atoms with Crippen LogP contribution in [-0.4, -0.2) is 46.8 Å². The van der Waals surface area contributed by atoms with Crippen molar-refractivity contribution in [2.45, 2.75) is 52.1 Å². The molecule has 0 aliphatic carbocycles. The molecule has 2 saturated heterocycles. The molecule has 2 unspecified atom stereocenters. The van der Waals surface area contributed by atoms with Crippen LogP contribution in [0.2, 0.25) is 0 Å². The summed E-state index contributed by atoms with van der Waals surface area (Å²) < 4.78 is 0. The summed E-state index contributed by atoms with van der Waals surface area (Å²) in [4.78, 5) is 28.0. The first-order chi connectivity index (χ1) is 8.02. The van der Waals surface area contributed by atoms with Crippen LogP contribution in [0.15, 0.2) is 0 Å². The fourth-order valence-electron chi connectivity index (χ4n) is 2.70. The van der Waals surface area contributed by atoms with E-state index in [-0.39, 0.29) is 30.4 Å². The van der Waals surface area contributed by atoms with Crippen molar-refractivity contribution in [1.82, 2.24) is 9.80 Å². The standard InChI is InChI=1S/C13H22N2O2/c1-9(2)10(3)15-8-12(16)14-7-5-4-6-11(14)13(15)17/h9-11H,4-8H2,1-3H3. The van der Waals surface area contributed by atoms with E-state index in [1.807, 2.05) is 6.92 Å². The smallest absolute Gasteiger partial charge is 0.246 e. The van der Waals surface area contributed by atoms with Crippen molar-refractivity contribution >= 4 is 11.8 Å². The fraction of sp³-hybridized carbons (Fsp3) is 0.846. The predicted molar refractivity (Wildman–Crippen MR) is 65.4 cm³/mol. The largest absolute Gasteiger partial charge is 0.329 e. The third kappa shape index (κ3) is 2.17. The molecule has 0 radical (unpaired) electrons. The first-order valence-corrected chi connectivity index (χ1v) is 6.62. The van der Waals surface area contributed by atoms with Gasteiger partial charge in [-0.2, -0.15) is 0 Å². The number of piperazine rings is 1. The minimum atomic E-state index is -0.175. The topological polar surface area (TPSA) is 40.6 Å². The Kier molecular flexibility index (Phi) is 3.40. The number of hydrogen-bond donors (Lipinski definition) is 0. The molecular formula is C13H22N2O2. The van der Waals surface area contributed by atoms with Crippen molar-refractivity contribution in [3.8, 4) is 0 Å². The van der Waals surface area contributed by atoms with E-state index in [1.54, 1.807) is 9.80 Å². The average molecular weight is 238 g/mol. The van der Waals surface area contributed by atoms with Gasteiger partial charge in [0.05, 0.1) is 0 Å². The number of piperidine rings is 1. The summed E-state index contributed by atoms with van der Waals surface area (Å²) in [6.45, 7) is 7.26. The molecule has 17 heavy (non-hydrogen) atoms. The molecule has 0 aromatic heterocycles. The second-order valence-electron chi connectivity index (χ2n) is 5.55. The van der Waals surface area contributed by atoms with Gasteiger partial charge in [-0.3, -0.25) is 9.59 Å². The van der Waals surface area contributed by atoms with Crippen molar-refractivity contribution in [1.29, 1.82) is 0 Å². The summed E-state index contributed by atoms with van der Waals surface area (Å²) in [7, 11) is 0. The summed E-state index contributed by atoms with van der Waals surface area (Å²) in [6.07, 6.45) is 2.94. The number of fused-ring (bicyclic) bond motifs is 1. The Hall–Kier alpha value is -1.06. The van der Waals surface area contributed by atoms with E-state index < -0.39 is 0 Å². The van der Waals surface area contributed by atoms with Gasteiger partial charge in [-0.25, -0.2) is 0 Å². The summed E-state index contributed by atoms with van der Waals surface area (Å²) in [5.74, 6) is 0.675. The summed E-state index contributed by atoms with van der Waals surface area (Å²) in [5, 5.41) is 0. The second kappa shape index (κ2) is 4.67. The highest BCUT2D eigenvalue weighted by Gasteiger charge is 2.42. The summed E-state index contributed by atoms with van der Waals surface area (Å²) in [5.41, 5.74) is 0. The van der Waals surface area contributed by atoms with Crippen molar-refractivity contribution in [3.05, 3.63) is 0 Å². The third-order valence-electron chi connectivity index (χ3n) is 4.15. The van der Waals surface area contributed by atoms with Crippen LogP contribution in [0, 0.1) is 5.92 Å². The maximum absolute atomic E-state index is 12.4. The van der Waals surface area contributed by atoms with E-state index in [4.69, 9.17) is 0 Å². The van der Waals surface area contributed by atoms with Crippen molar-refractivity contribution < 1.29 is 9.59 Å². The zero-order valence-corrected chi connectivity index (χ0v) is 11.0. The molecule has 0 aromatic carbocycles. The van der Waals surface area contributed by atoms with Gasteiger partial charge in [0.25, 0.3) is 0 Å². The molecule has 96 valence electrons. The van der Waals surface area contributed by atoms with Crippen molar-refractivity contribution in [3.63, 3.8) is 0 Å². The van der Waals surface area contributed by atoms with Crippen molar-refractivity contribution in [2.24, 2.45) is 5.92 Å². The molecule has 0 N–H and O–H groups in total.